The van der Waals surface area contributed by atoms with Gasteiger partial charge in [-0.2, -0.15) is 0 Å². The molecule has 5 nitrogen and oxygen atoms in total. The highest BCUT2D eigenvalue weighted by molar-refractivity contribution is 7.12. The number of carbonyl (C=O) groups excluding carboxylic acids is 2. The van der Waals surface area contributed by atoms with Gasteiger partial charge in [-0.15, -0.1) is 11.3 Å². The summed E-state index contributed by atoms with van der Waals surface area (Å²) in [7, 11) is 1.59. The van der Waals surface area contributed by atoms with Crippen molar-refractivity contribution in [2.75, 3.05) is 17.7 Å². The molecule has 0 aliphatic heterocycles. The first-order valence-corrected chi connectivity index (χ1v) is 9.10. The lowest BCUT2D eigenvalue weighted by Gasteiger charge is -2.07. The predicted octanol–water partition coefficient (Wildman–Crippen LogP) is 4.66. The molecule has 2 N–H and O–H groups in total. The van der Waals surface area contributed by atoms with Crippen molar-refractivity contribution < 1.29 is 14.3 Å². The number of anilines is 2. The second kappa shape index (κ2) is 8.82. The Labute approximate surface area is 161 Å². The first kappa shape index (κ1) is 18.4. The summed E-state index contributed by atoms with van der Waals surface area (Å²) in [6.07, 6.45) is 3.13. The number of hydrogen-bond acceptors (Lipinski definition) is 4. The number of benzene rings is 2. The molecular weight excluding hydrogens is 360 g/mol. The molecule has 0 fully saturated rings. The number of thiophene rings is 1. The molecule has 0 radical (unpaired) electrons. The molecule has 0 saturated carbocycles. The fourth-order valence-corrected chi connectivity index (χ4v) is 3.05. The topological polar surface area (TPSA) is 67.4 Å². The third kappa shape index (κ3) is 5.05. The number of para-hydroxylation sites is 1. The average Bonchev–Trinajstić information content (AvgIpc) is 3.22. The lowest BCUT2D eigenvalue weighted by Crippen LogP contribution is -2.11. The third-order valence-corrected chi connectivity index (χ3v) is 4.55. The first-order chi connectivity index (χ1) is 13.2. The Morgan fingerprint density at radius 1 is 0.963 bits per heavy atom. The maximum atomic E-state index is 12.2. The zero-order valence-electron chi connectivity index (χ0n) is 14.6. The molecule has 27 heavy (non-hydrogen) atoms. The van der Waals surface area contributed by atoms with Crippen LogP contribution in [-0.4, -0.2) is 18.9 Å². The van der Waals surface area contributed by atoms with E-state index in [4.69, 9.17) is 4.74 Å². The summed E-state index contributed by atoms with van der Waals surface area (Å²) in [6, 6.07) is 18.0. The number of amides is 2. The van der Waals surface area contributed by atoms with E-state index in [1.54, 1.807) is 43.5 Å². The third-order valence-electron chi connectivity index (χ3n) is 3.69. The summed E-state index contributed by atoms with van der Waals surface area (Å²) >= 11 is 1.37. The van der Waals surface area contributed by atoms with E-state index in [2.05, 4.69) is 10.6 Å². The molecule has 136 valence electrons. The SMILES string of the molecule is COc1ccccc1/C=C/C(=O)Nc1cccc(NC(=O)c2cccs2)c1. The monoisotopic (exact) mass is 378 g/mol. The number of hydrogen-bond donors (Lipinski definition) is 2. The summed E-state index contributed by atoms with van der Waals surface area (Å²) in [6.45, 7) is 0. The average molecular weight is 378 g/mol. The molecule has 3 aromatic rings. The van der Waals surface area contributed by atoms with Gasteiger partial charge in [-0.3, -0.25) is 9.59 Å². The molecule has 1 aromatic heterocycles. The standard InChI is InChI=1S/C21H18N2O3S/c1-26-18-9-3-2-6-15(18)11-12-20(24)22-16-7-4-8-17(14-16)23-21(25)19-10-5-13-27-19/h2-14H,1H3,(H,22,24)(H,23,25)/b12-11+. The molecule has 0 saturated heterocycles. The largest absolute Gasteiger partial charge is 0.496 e. The van der Waals surface area contributed by atoms with Crippen molar-refractivity contribution in [2.45, 2.75) is 0 Å². The predicted molar refractivity (Wildman–Crippen MR) is 109 cm³/mol. The zero-order valence-corrected chi connectivity index (χ0v) is 15.5. The van der Waals surface area contributed by atoms with Crippen molar-refractivity contribution >= 4 is 40.6 Å². The van der Waals surface area contributed by atoms with E-state index < -0.39 is 0 Å². The Balaban J connectivity index is 1.64. The molecule has 0 spiro atoms. The van der Waals surface area contributed by atoms with Gasteiger partial charge in [-0.05, 0) is 41.8 Å². The smallest absolute Gasteiger partial charge is 0.265 e. The quantitative estimate of drug-likeness (QED) is 0.613. The van der Waals surface area contributed by atoms with Crippen LogP contribution in [-0.2, 0) is 4.79 Å². The summed E-state index contributed by atoms with van der Waals surface area (Å²) in [5.74, 6) is 0.243. The minimum atomic E-state index is -0.275. The minimum absolute atomic E-state index is 0.176. The van der Waals surface area contributed by atoms with Crippen LogP contribution < -0.4 is 15.4 Å². The van der Waals surface area contributed by atoms with Crippen LogP contribution in [0.3, 0.4) is 0 Å². The number of rotatable bonds is 6. The fourth-order valence-electron chi connectivity index (χ4n) is 2.43. The van der Waals surface area contributed by atoms with Gasteiger partial charge in [0.15, 0.2) is 0 Å². The maximum absolute atomic E-state index is 12.2. The van der Waals surface area contributed by atoms with Crippen molar-refractivity contribution in [3.05, 3.63) is 82.6 Å². The zero-order chi connectivity index (χ0) is 19.1. The van der Waals surface area contributed by atoms with E-state index >= 15 is 0 Å². The Morgan fingerprint density at radius 2 is 1.74 bits per heavy atom. The highest BCUT2D eigenvalue weighted by Crippen LogP contribution is 2.20. The Bertz CT molecular complexity index is 965. The van der Waals surface area contributed by atoms with Gasteiger partial charge in [-0.25, -0.2) is 0 Å². The van der Waals surface area contributed by atoms with Crippen LogP contribution in [0.5, 0.6) is 5.75 Å². The van der Waals surface area contributed by atoms with Crippen LogP contribution >= 0.6 is 11.3 Å². The number of carbonyl (C=O) groups is 2. The highest BCUT2D eigenvalue weighted by Gasteiger charge is 2.07. The van der Waals surface area contributed by atoms with Crippen molar-refractivity contribution in [1.29, 1.82) is 0 Å². The number of methoxy groups -OCH3 is 1. The van der Waals surface area contributed by atoms with Gasteiger partial charge in [0.1, 0.15) is 5.75 Å². The summed E-state index contributed by atoms with van der Waals surface area (Å²) in [4.78, 5) is 24.9. The van der Waals surface area contributed by atoms with E-state index in [1.165, 1.54) is 17.4 Å². The van der Waals surface area contributed by atoms with E-state index in [0.29, 0.717) is 22.0 Å². The van der Waals surface area contributed by atoms with Crippen molar-refractivity contribution in [3.8, 4) is 5.75 Å². The lowest BCUT2D eigenvalue weighted by molar-refractivity contribution is -0.111. The second-order valence-electron chi connectivity index (χ2n) is 5.58. The van der Waals surface area contributed by atoms with Crippen LogP contribution in [0.25, 0.3) is 6.08 Å². The lowest BCUT2D eigenvalue weighted by atomic mass is 10.2. The first-order valence-electron chi connectivity index (χ1n) is 8.23. The van der Waals surface area contributed by atoms with Gasteiger partial charge >= 0.3 is 0 Å². The van der Waals surface area contributed by atoms with Gasteiger partial charge in [0.2, 0.25) is 5.91 Å². The number of nitrogens with one attached hydrogen (secondary N) is 2. The van der Waals surface area contributed by atoms with Gasteiger partial charge in [0, 0.05) is 23.0 Å². The molecule has 0 bridgehead atoms. The van der Waals surface area contributed by atoms with Crippen LogP contribution in [0.1, 0.15) is 15.2 Å². The number of ether oxygens (including phenoxy) is 1. The van der Waals surface area contributed by atoms with Crippen LogP contribution in [0, 0.1) is 0 Å². The summed E-state index contributed by atoms with van der Waals surface area (Å²) in [5.41, 5.74) is 2.01. The van der Waals surface area contributed by atoms with Crippen molar-refractivity contribution in [3.63, 3.8) is 0 Å². The van der Waals surface area contributed by atoms with E-state index in [1.807, 2.05) is 35.7 Å². The Hall–Kier alpha value is -3.38. The molecular formula is C21H18N2O3S. The Kier molecular flexibility index (Phi) is 6.02. The van der Waals surface area contributed by atoms with Crippen LogP contribution in [0.4, 0.5) is 11.4 Å². The van der Waals surface area contributed by atoms with Gasteiger partial charge in [0.25, 0.3) is 5.91 Å². The van der Waals surface area contributed by atoms with Crippen LogP contribution in [0.15, 0.2) is 72.1 Å². The van der Waals surface area contributed by atoms with Gasteiger partial charge in [0.05, 0.1) is 12.0 Å². The van der Waals surface area contributed by atoms with Crippen molar-refractivity contribution in [2.24, 2.45) is 0 Å². The molecule has 1 heterocycles. The van der Waals surface area contributed by atoms with E-state index in [9.17, 15) is 9.59 Å². The highest BCUT2D eigenvalue weighted by atomic mass is 32.1. The molecule has 0 aliphatic rings. The van der Waals surface area contributed by atoms with E-state index in [-0.39, 0.29) is 11.8 Å². The summed E-state index contributed by atoms with van der Waals surface area (Å²) in [5, 5.41) is 7.45. The summed E-state index contributed by atoms with van der Waals surface area (Å²) < 4.78 is 5.26. The van der Waals surface area contributed by atoms with Crippen molar-refractivity contribution in [1.82, 2.24) is 0 Å². The molecule has 0 atom stereocenters. The second-order valence-corrected chi connectivity index (χ2v) is 6.52. The maximum Gasteiger partial charge on any atom is 0.265 e. The molecule has 6 heteroatoms. The minimum Gasteiger partial charge on any atom is -0.496 e. The van der Waals surface area contributed by atoms with E-state index in [0.717, 1.165) is 5.56 Å². The molecule has 2 amide bonds. The van der Waals surface area contributed by atoms with Gasteiger partial charge in [-0.1, -0.05) is 30.3 Å². The van der Waals surface area contributed by atoms with Gasteiger partial charge < -0.3 is 15.4 Å². The molecule has 3 rings (SSSR count). The Morgan fingerprint density at radius 3 is 2.48 bits per heavy atom. The normalized spacial score (nSPS) is 10.6. The molecule has 0 aliphatic carbocycles. The molecule has 2 aromatic carbocycles. The fraction of sp³-hybridized carbons (Fsp3) is 0.0476. The molecule has 0 unspecified atom stereocenters. The van der Waals surface area contributed by atoms with Crippen LogP contribution in [0.2, 0.25) is 0 Å².